The van der Waals surface area contributed by atoms with Crippen LogP contribution in [-0.4, -0.2) is 58.6 Å². The van der Waals surface area contributed by atoms with Crippen LogP contribution >= 0.6 is 24.0 Å². The van der Waals surface area contributed by atoms with E-state index in [4.69, 9.17) is 4.52 Å². The number of nitrogens with one attached hydrogen (secondary N) is 1. The molecule has 1 N–H and O–H groups in total. The minimum absolute atomic E-state index is 0. The number of aromatic nitrogens is 2. The third-order valence-electron chi connectivity index (χ3n) is 4.63. The summed E-state index contributed by atoms with van der Waals surface area (Å²) in [6, 6.07) is 5.38. The van der Waals surface area contributed by atoms with Gasteiger partial charge in [0.1, 0.15) is 6.54 Å². The fourth-order valence-corrected chi connectivity index (χ4v) is 3.15. The summed E-state index contributed by atoms with van der Waals surface area (Å²) >= 11 is 0. The molecule has 0 spiro atoms. The topological polar surface area (TPSA) is 69.8 Å². The molecule has 1 fully saturated rings. The lowest BCUT2D eigenvalue weighted by Gasteiger charge is -2.36. The fraction of sp³-hybridized carbons (Fsp3) is 0.526. The quantitative estimate of drug-likeness (QED) is 0.358. The minimum Gasteiger partial charge on any atom is -0.357 e. The van der Waals surface area contributed by atoms with Gasteiger partial charge in [0.2, 0.25) is 5.89 Å². The number of piperazine rings is 1. The largest absolute Gasteiger partial charge is 0.416 e. The second-order valence-corrected chi connectivity index (χ2v) is 6.86. The van der Waals surface area contributed by atoms with Crippen LogP contribution < -0.4 is 5.32 Å². The molecule has 0 saturated carbocycles. The maximum absolute atomic E-state index is 12.7. The van der Waals surface area contributed by atoms with E-state index in [1.165, 1.54) is 0 Å². The first-order valence-electron chi connectivity index (χ1n) is 9.56. The molecular formula is C19H26F3IN6O. The maximum atomic E-state index is 12.7. The zero-order valence-corrected chi connectivity index (χ0v) is 19.3. The van der Waals surface area contributed by atoms with Gasteiger partial charge in [-0.25, -0.2) is 4.99 Å². The van der Waals surface area contributed by atoms with Crippen molar-refractivity contribution in [3.05, 3.63) is 47.1 Å². The molecule has 0 bridgehead atoms. The molecule has 0 aliphatic carbocycles. The highest BCUT2D eigenvalue weighted by Crippen LogP contribution is 2.29. The first kappa shape index (κ1) is 24.4. The lowest BCUT2D eigenvalue weighted by molar-refractivity contribution is -0.137. The van der Waals surface area contributed by atoms with Gasteiger partial charge in [0.25, 0.3) is 0 Å². The fourth-order valence-electron chi connectivity index (χ4n) is 3.15. The van der Waals surface area contributed by atoms with Gasteiger partial charge >= 0.3 is 6.18 Å². The molecule has 3 rings (SSSR count). The van der Waals surface area contributed by atoms with Crippen LogP contribution in [0.3, 0.4) is 0 Å². The Labute approximate surface area is 190 Å². The van der Waals surface area contributed by atoms with E-state index in [-0.39, 0.29) is 24.0 Å². The van der Waals surface area contributed by atoms with Crippen molar-refractivity contribution in [1.29, 1.82) is 0 Å². The van der Waals surface area contributed by atoms with Crippen LogP contribution in [-0.2, 0) is 19.3 Å². The van der Waals surface area contributed by atoms with Gasteiger partial charge in [0.15, 0.2) is 11.8 Å². The first-order chi connectivity index (χ1) is 13.8. The molecule has 30 heavy (non-hydrogen) atoms. The van der Waals surface area contributed by atoms with Gasteiger partial charge in [-0.1, -0.05) is 17.3 Å². The van der Waals surface area contributed by atoms with Crippen LogP contribution in [0.25, 0.3) is 0 Å². The predicted octanol–water partition coefficient (Wildman–Crippen LogP) is 3.30. The Morgan fingerprint density at radius 2 is 1.83 bits per heavy atom. The average Bonchev–Trinajstić information content (AvgIpc) is 3.11. The van der Waals surface area contributed by atoms with Gasteiger partial charge in [-0.15, -0.1) is 24.0 Å². The van der Waals surface area contributed by atoms with Crippen molar-refractivity contribution in [2.24, 2.45) is 4.99 Å². The highest BCUT2D eigenvalue weighted by molar-refractivity contribution is 14.0. The SMILES string of the molecule is CCNC(=NCc1noc(C)n1)N1CCN(Cc2ccc(C(F)(F)F)cc2)CC1.I. The number of alkyl halides is 3. The number of guanidine groups is 1. The van der Waals surface area contributed by atoms with Crippen LogP contribution in [0, 0.1) is 6.92 Å². The lowest BCUT2D eigenvalue weighted by atomic mass is 10.1. The van der Waals surface area contributed by atoms with E-state index in [0.717, 1.165) is 56.4 Å². The van der Waals surface area contributed by atoms with Gasteiger partial charge in [0.05, 0.1) is 5.56 Å². The van der Waals surface area contributed by atoms with E-state index in [9.17, 15) is 13.2 Å². The Kier molecular flexibility index (Phi) is 8.89. The van der Waals surface area contributed by atoms with Crippen LogP contribution in [0.4, 0.5) is 13.2 Å². The second kappa shape index (κ2) is 10.9. The third kappa shape index (κ3) is 6.83. The van der Waals surface area contributed by atoms with Gasteiger partial charge in [-0.05, 0) is 24.6 Å². The summed E-state index contributed by atoms with van der Waals surface area (Å²) in [4.78, 5) is 13.1. The Morgan fingerprint density at radius 1 is 1.17 bits per heavy atom. The number of rotatable bonds is 5. The summed E-state index contributed by atoms with van der Waals surface area (Å²) in [6.07, 6.45) is -4.30. The number of hydrogen-bond donors (Lipinski definition) is 1. The van der Waals surface area contributed by atoms with Gasteiger partial charge in [0, 0.05) is 46.2 Å². The average molecular weight is 538 g/mol. The molecule has 0 unspecified atom stereocenters. The molecule has 166 valence electrons. The van der Waals surface area contributed by atoms with Crippen molar-refractivity contribution >= 4 is 29.9 Å². The van der Waals surface area contributed by atoms with Crippen LogP contribution in [0.5, 0.6) is 0 Å². The zero-order valence-electron chi connectivity index (χ0n) is 16.9. The molecule has 0 atom stereocenters. The van der Waals surface area contributed by atoms with Crippen molar-refractivity contribution in [1.82, 2.24) is 25.3 Å². The van der Waals surface area contributed by atoms with E-state index in [2.05, 4.69) is 30.2 Å². The van der Waals surface area contributed by atoms with Crippen LogP contribution in [0.1, 0.15) is 29.8 Å². The Hall–Kier alpha value is -1.89. The van der Waals surface area contributed by atoms with E-state index >= 15 is 0 Å². The molecular weight excluding hydrogens is 512 g/mol. The van der Waals surface area contributed by atoms with Crippen molar-refractivity contribution in [2.75, 3.05) is 32.7 Å². The van der Waals surface area contributed by atoms with Crippen LogP contribution in [0.15, 0.2) is 33.8 Å². The summed E-state index contributed by atoms with van der Waals surface area (Å²) in [7, 11) is 0. The van der Waals surface area contributed by atoms with E-state index in [1.54, 1.807) is 19.1 Å². The lowest BCUT2D eigenvalue weighted by Crippen LogP contribution is -2.52. The van der Waals surface area contributed by atoms with E-state index in [1.807, 2.05) is 6.92 Å². The Bertz CT molecular complexity index is 816. The maximum Gasteiger partial charge on any atom is 0.416 e. The van der Waals surface area contributed by atoms with Crippen molar-refractivity contribution in [3.63, 3.8) is 0 Å². The van der Waals surface area contributed by atoms with Gasteiger partial charge < -0.3 is 14.7 Å². The smallest absolute Gasteiger partial charge is 0.357 e. The number of benzene rings is 1. The number of aliphatic imine (C=N–C) groups is 1. The summed E-state index contributed by atoms with van der Waals surface area (Å²) in [5, 5.41) is 7.13. The molecule has 11 heteroatoms. The summed E-state index contributed by atoms with van der Waals surface area (Å²) < 4.78 is 43.0. The summed E-state index contributed by atoms with van der Waals surface area (Å²) in [5.41, 5.74) is 0.258. The normalized spacial score (nSPS) is 15.8. The molecule has 2 heterocycles. The van der Waals surface area contributed by atoms with Crippen molar-refractivity contribution < 1.29 is 17.7 Å². The molecule has 1 aliphatic rings. The number of hydrogen-bond acceptors (Lipinski definition) is 5. The van der Waals surface area contributed by atoms with E-state index < -0.39 is 11.7 Å². The summed E-state index contributed by atoms with van der Waals surface area (Å²) in [5.74, 6) is 1.85. The molecule has 7 nitrogen and oxygen atoms in total. The molecule has 0 amide bonds. The van der Waals surface area contributed by atoms with Crippen molar-refractivity contribution in [2.45, 2.75) is 33.1 Å². The number of aryl methyl sites for hydroxylation is 1. The third-order valence-corrected chi connectivity index (χ3v) is 4.63. The molecule has 1 aromatic heterocycles. The van der Waals surface area contributed by atoms with E-state index in [0.29, 0.717) is 24.8 Å². The standard InChI is InChI=1S/C19H25F3N6O.HI/c1-3-23-18(24-12-17-25-14(2)29-26-17)28-10-8-27(9-11-28)13-15-4-6-16(7-5-15)19(20,21)22;/h4-7H,3,8-13H2,1-2H3,(H,23,24);1H. The predicted molar refractivity (Wildman–Crippen MR) is 118 cm³/mol. The Morgan fingerprint density at radius 3 is 2.37 bits per heavy atom. The number of halogens is 4. The van der Waals surface area contributed by atoms with Crippen LogP contribution in [0.2, 0.25) is 0 Å². The van der Waals surface area contributed by atoms with Gasteiger partial charge in [-0.3, -0.25) is 4.90 Å². The minimum atomic E-state index is -4.30. The Balaban J connectivity index is 0.00000320. The highest BCUT2D eigenvalue weighted by Gasteiger charge is 2.30. The second-order valence-electron chi connectivity index (χ2n) is 6.86. The molecule has 2 aromatic rings. The highest BCUT2D eigenvalue weighted by atomic mass is 127. The molecule has 0 radical (unpaired) electrons. The molecule has 1 aliphatic heterocycles. The molecule has 1 saturated heterocycles. The summed E-state index contributed by atoms with van der Waals surface area (Å²) in [6.45, 7) is 8.61. The monoisotopic (exact) mass is 538 g/mol. The first-order valence-corrected chi connectivity index (χ1v) is 9.56. The zero-order chi connectivity index (χ0) is 20.9. The van der Waals surface area contributed by atoms with Crippen molar-refractivity contribution in [3.8, 4) is 0 Å². The number of nitrogens with zero attached hydrogens (tertiary/aromatic N) is 5. The molecule has 1 aromatic carbocycles. The van der Waals surface area contributed by atoms with Gasteiger partial charge in [-0.2, -0.15) is 18.2 Å².